The van der Waals surface area contributed by atoms with Gasteiger partial charge in [0.1, 0.15) is 17.4 Å². The fraction of sp³-hybridized carbons (Fsp3) is 0.370. The predicted molar refractivity (Wildman–Crippen MR) is 139 cm³/mol. The Balaban J connectivity index is 1.34. The number of fused-ring (bicyclic) bond motifs is 1. The van der Waals surface area contributed by atoms with Crippen LogP contribution in [0, 0.1) is 5.82 Å². The van der Waals surface area contributed by atoms with Crippen LogP contribution in [0.3, 0.4) is 0 Å². The molecule has 3 heterocycles. The molecule has 1 saturated heterocycles. The number of para-hydroxylation sites is 1. The van der Waals surface area contributed by atoms with Crippen LogP contribution in [-0.4, -0.2) is 74.7 Å². The normalized spacial score (nSPS) is 15.5. The predicted octanol–water partition coefficient (Wildman–Crippen LogP) is 3.22. The van der Waals surface area contributed by atoms with Crippen molar-refractivity contribution in [1.82, 2.24) is 14.9 Å². The van der Waals surface area contributed by atoms with E-state index in [9.17, 15) is 9.18 Å². The molecule has 2 aliphatic rings. The Morgan fingerprint density at radius 2 is 1.72 bits per heavy atom. The third-order valence-electron chi connectivity index (χ3n) is 6.81. The van der Waals surface area contributed by atoms with Gasteiger partial charge in [-0.15, -0.1) is 0 Å². The van der Waals surface area contributed by atoms with E-state index in [4.69, 9.17) is 14.7 Å². The van der Waals surface area contributed by atoms with Crippen molar-refractivity contribution in [2.24, 2.45) is 0 Å². The molecular weight excluding hydrogens is 459 g/mol. The van der Waals surface area contributed by atoms with Crippen molar-refractivity contribution < 1.29 is 13.9 Å². The molecule has 1 amide bonds. The van der Waals surface area contributed by atoms with Gasteiger partial charge >= 0.3 is 0 Å². The molecule has 2 aliphatic heterocycles. The smallest absolute Gasteiger partial charge is 0.254 e. The number of halogens is 1. The Hall–Kier alpha value is -3.88. The zero-order chi connectivity index (χ0) is 25.2. The fourth-order valence-electron chi connectivity index (χ4n) is 4.86. The number of anilines is 3. The highest BCUT2D eigenvalue weighted by Crippen LogP contribution is 2.30. The molecule has 0 saturated carbocycles. The van der Waals surface area contributed by atoms with Crippen LogP contribution < -0.4 is 19.4 Å². The lowest BCUT2D eigenvalue weighted by atomic mass is 10.0. The van der Waals surface area contributed by atoms with E-state index in [1.165, 1.54) is 6.07 Å². The van der Waals surface area contributed by atoms with E-state index in [0.29, 0.717) is 68.6 Å². The maximum atomic E-state index is 14.2. The molecule has 1 aromatic heterocycles. The molecule has 0 bridgehead atoms. The standard InChI is InChI=1S/C27H31FN6O2/c1-31(2)25-21-18-34(26(35)19-7-6-8-20(17-19)36-3)12-11-23(21)29-27(30-25)33-15-13-32(14-16-33)24-10-5-4-9-22(24)28/h4-10,17H,11-16,18H2,1-3H3. The molecule has 36 heavy (non-hydrogen) atoms. The molecule has 0 spiro atoms. The second-order valence-corrected chi connectivity index (χ2v) is 9.30. The van der Waals surface area contributed by atoms with Gasteiger partial charge in [-0.3, -0.25) is 4.79 Å². The first kappa shape index (κ1) is 23.8. The summed E-state index contributed by atoms with van der Waals surface area (Å²) in [5.74, 6) is 1.96. The van der Waals surface area contributed by atoms with Crippen molar-refractivity contribution in [3.8, 4) is 5.75 Å². The minimum atomic E-state index is -0.195. The molecule has 0 unspecified atom stereocenters. The quantitative estimate of drug-likeness (QED) is 0.544. The van der Waals surface area contributed by atoms with Crippen LogP contribution in [0.25, 0.3) is 0 Å². The van der Waals surface area contributed by atoms with Crippen LogP contribution in [0.2, 0.25) is 0 Å². The maximum absolute atomic E-state index is 14.2. The van der Waals surface area contributed by atoms with Gasteiger partial charge in [-0.25, -0.2) is 9.37 Å². The molecule has 188 valence electrons. The van der Waals surface area contributed by atoms with Crippen molar-refractivity contribution in [2.45, 2.75) is 13.0 Å². The van der Waals surface area contributed by atoms with E-state index in [0.717, 1.165) is 17.1 Å². The van der Waals surface area contributed by atoms with E-state index in [1.54, 1.807) is 19.2 Å². The number of amides is 1. The van der Waals surface area contributed by atoms with Gasteiger partial charge in [-0.05, 0) is 30.3 Å². The van der Waals surface area contributed by atoms with Crippen LogP contribution in [0.5, 0.6) is 5.75 Å². The largest absolute Gasteiger partial charge is 0.497 e. The van der Waals surface area contributed by atoms with E-state index < -0.39 is 0 Å². The van der Waals surface area contributed by atoms with Gasteiger partial charge in [0, 0.05) is 64.4 Å². The SMILES string of the molecule is COc1cccc(C(=O)N2CCc3nc(N4CCN(c5ccccc5F)CC4)nc(N(C)C)c3C2)c1. The molecule has 1 fully saturated rings. The van der Waals surface area contributed by atoms with E-state index in [-0.39, 0.29) is 11.7 Å². The minimum Gasteiger partial charge on any atom is -0.497 e. The van der Waals surface area contributed by atoms with Gasteiger partial charge < -0.3 is 24.3 Å². The van der Waals surface area contributed by atoms with Crippen LogP contribution in [0.15, 0.2) is 48.5 Å². The first-order valence-corrected chi connectivity index (χ1v) is 12.2. The van der Waals surface area contributed by atoms with E-state index >= 15 is 0 Å². The summed E-state index contributed by atoms with van der Waals surface area (Å²) in [4.78, 5) is 31.1. The molecule has 2 aromatic carbocycles. The second-order valence-electron chi connectivity index (χ2n) is 9.30. The van der Waals surface area contributed by atoms with Crippen molar-refractivity contribution in [1.29, 1.82) is 0 Å². The number of nitrogens with zero attached hydrogens (tertiary/aromatic N) is 6. The number of carbonyl (C=O) groups is 1. The zero-order valence-electron chi connectivity index (χ0n) is 20.9. The Kier molecular flexibility index (Phi) is 6.63. The number of methoxy groups -OCH3 is 1. The first-order chi connectivity index (χ1) is 17.4. The van der Waals surface area contributed by atoms with Crippen molar-refractivity contribution >= 4 is 23.4 Å². The van der Waals surface area contributed by atoms with Gasteiger partial charge in [0.2, 0.25) is 5.95 Å². The molecular formula is C27H31FN6O2. The highest BCUT2D eigenvalue weighted by molar-refractivity contribution is 5.94. The van der Waals surface area contributed by atoms with Crippen LogP contribution in [-0.2, 0) is 13.0 Å². The Labute approximate surface area is 210 Å². The summed E-state index contributed by atoms with van der Waals surface area (Å²) in [5.41, 5.74) is 3.21. The molecule has 9 heteroatoms. The lowest BCUT2D eigenvalue weighted by Gasteiger charge is -2.37. The fourth-order valence-corrected chi connectivity index (χ4v) is 4.86. The van der Waals surface area contributed by atoms with Gasteiger partial charge in [-0.1, -0.05) is 18.2 Å². The van der Waals surface area contributed by atoms with Gasteiger partial charge in [0.25, 0.3) is 5.91 Å². The van der Waals surface area contributed by atoms with Gasteiger partial charge in [0.05, 0.1) is 25.0 Å². The number of benzene rings is 2. The number of aromatic nitrogens is 2. The topological polar surface area (TPSA) is 65.0 Å². The monoisotopic (exact) mass is 490 g/mol. The van der Waals surface area contributed by atoms with Crippen LogP contribution >= 0.6 is 0 Å². The van der Waals surface area contributed by atoms with Crippen molar-refractivity contribution in [3.63, 3.8) is 0 Å². The summed E-state index contributed by atoms with van der Waals surface area (Å²) in [7, 11) is 5.52. The average Bonchev–Trinajstić information content (AvgIpc) is 2.92. The number of carbonyl (C=O) groups excluding carboxylic acids is 1. The summed E-state index contributed by atoms with van der Waals surface area (Å²) in [6, 6.07) is 14.1. The zero-order valence-corrected chi connectivity index (χ0v) is 20.9. The lowest BCUT2D eigenvalue weighted by Crippen LogP contribution is -2.47. The highest BCUT2D eigenvalue weighted by Gasteiger charge is 2.29. The summed E-state index contributed by atoms with van der Waals surface area (Å²) in [6.07, 6.45) is 0.663. The highest BCUT2D eigenvalue weighted by atomic mass is 19.1. The maximum Gasteiger partial charge on any atom is 0.254 e. The second kappa shape index (κ2) is 10.0. The molecule has 0 atom stereocenters. The summed E-state index contributed by atoms with van der Waals surface area (Å²) < 4.78 is 19.5. The first-order valence-electron chi connectivity index (χ1n) is 12.2. The van der Waals surface area contributed by atoms with Crippen molar-refractivity contribution in [3.05, 3.63) is 71.2 Å². The lowest BCUT2D eigenvalue weighted by molar-refractivity contribution is 0.0733. The molecule has 0 N–H and O–H groups in total. The van der Waals surface area contributed by atoms with E-state index in [1.807, 2.05) is 54.2 Å². The van der Waals surface area contributed by atoms with Gasteiger partial charge in [0.15, 0.2) is 0 Å². The van der Waals surface area contributed by atoms with Gasteiger partial charge in [-0.2, -0.15) is 4.98 Å². The Morgan fingerprint density at radius 3 is 2.44 bits per heavy atom. The van der Waals surface area contributed by atoms with Crippen molar-refractivity contribution in [2.75, 3.05) is 68.6 Å². The molecule has 0 aliphatic carbocycles. The third kappa shape index (κ3) is 4.65. The number of hydrogen-bond acceptors (Lipinski definition) is 7. The van der Waals surface area contributed by atoms with Crippen LogP contribution in [0.4, 0.5) is 21.8 Å². The molecule has 0 radical (unpaired) electrons. The summed E-state index contributed by atoms with van der Waals surface area (Å²) in [6.45, 7) is 3.86. The number of piperazine rings is 1. The average molecular weight is 491 g/mol. The summed E-state index contributed by atoms with van der Waals surface area (Å²) in [5, 5.41) is 0. The number of rotatable bonds is 5. The van der Waals surface area contributed by atoms with Crippen LogP contribution in [0.1, 0.15) is 21.6 Å². The third-order valence-corrected chi connectivity index (χ3v) is 6.81. The Morgan fingerprint density at radius 1 is 0.972 bits per heavy atom. The molecule has 5 rings (SSSR count). The Bertz CT molecular complexity index is 1260. The number of ether oxygens (including phenoxy) is 1. The minimum absolute atomic E-state index is 0.0300. The molecule has 3 aromatic rings. The van der Waals surface area contributed by atoms with E-state index in [2.05, 4.69) is 9.80 Å². The molecule has 8 nitrogen and oxygen atoms in total. The number of hydrogen-bond donors (Lipinski definition) is 0. The summed E-state index contributed by atoms with van der Waals surface area (Å²) >= 11 is 0.